The molecule has 5 rings (SSSR count). The van der Waals surface area contributed by atoms with Crippen molar-refractivity contribution in [3.05, 3.63) is 133 Å². The summed E-state index contributed by atoms with van der Waals surface area (Å²) in [7, 11) is 0. The van der Waals surface area contributed by atoms with Crippen molar-refractivity contribution in [2.24, 2.45) is 0 Å². The molecule has 4 heteroatoms. The summed E-state index contributed by atoms with van der Waals surface area (Å²) >= 11 is 0. The fourth-order valence-corrected chi connectivity index (χ4v) is 8.09. The summed E-state index contributed by atoms with van der Waals surface area (Å²) in [5.74, 6) is 0. The Hall–Kier alpha value is -4.70. The van der Waals surface area contributed by atoms with E-state index >= 15 is 0 Å². The van der Waals surface area contributed by atoms with Gasteiger partial charge in [0.25, 0.3) is 0 Å². The van der Waals surface area contributed by atoms with Gasteiger partial charge in [-0.2, -0.15) is 0 Å². The third-order valence-corrected chi connectivity index (χ3v) is 11.5. The molecular formula is C54H74N4. The minimum atomic E-state index is 1.00. The first-order valence-electron chi connectivity index (χ1n) is 23.2. The fraction of sp³-hybridized carbons (Fsp3) is 0.444. The van der Waals surface area contributed by atoms with E-state index in [2.05, 4.69) is 181 Å². The normalized spacial score (nSPS) is 11.1. The topological polar surface area (TPSA) is 13.0 Å². The highest BCUT2D eigenvalue weighted by Gasteiger charge is 2.17. The Kier molecular flexibility index (Phi) is 19.6. The van der Waals surface area contributed by atoms with Crippen LogP contribution in [-0.4, -0.2) is 26.2 Å². The summed E-state index contributed by atoms with van der Waals surface area (Å²) in [6.45, 7) is 13.2. The minimum Gasteiger partial charge on any atom is -0.341 e. The first-order valence-corrected chi connectivity index (χ1v) is 23.2. The molecule has 0 fully saturated rings. The summed E-state index contributed by atoms with van der Waals surface area (Å²) < 4.78 is 0. The zero-order valence-corrected chi connectivity index (χ0v) is 36.6. The number of rotatable bonds is 28. The van der Waals surface area contributed by atoms with Gasteiger partial charge in [-0.1, -0.05) is 147 Å². The van der Waals surface area contributed by atoms with Gasteiger partial charge in [-0.25, -0.2) is 0 Å². The van der Waals surface area contributed by atoms with E-state index < -0.39 is 0 Å². The molecule has 0 saturated carbocycles. The molecule has 0 atom stereocenters. The number of unbranched alkanes of at least 4 members (excludes halogenated alkanes) is 12. The average molecular weight is 779 g/mol. The zero-order chi connectivity index (χ0) is 40.6. The summed E-state index contributed by atoms with van der Waals surface area (Å²) in [4.78, 5) is 10.1. The molecule has 310 valence electrons. The molecule has 0 N–H and O–H groups in total. The van der Waals surface area contributed by atoms with Gasteiger partial charge in [0.15, 0.2) is 0 Å². The Labute approximate surface area is 353 Å². The van der Waals surface area contributed by atoms with Crippen LogP contribution < -0.4 is 19.6 Å². The lowest BCUT2D eigenvalue weighted by molar-refractivity contribution is 0.666. The maximum Gasteiger partial charge on any atom is 0.0431 e. The van der Waals surface area contributed by atoms with Gasteiger partial charge >= 0.3 is 0 Å². The second kappa shape index (κ2) is 25.6. The molecule has 0 heterocycles. The molecule has 58 heavy (non-hydrogen) atoms. The molecule has 5 aromatic carbocycles. The molecular weight excluding hydrogens is 705 g/mol. The van der Waals surface area contributed by atoms with Crippen LogP contribution in [0.1, 0.15) is 130 Å². The maximum absolute atomic E-state index is 2.56. The lowest BCUT2D eigenvalue weighted by Gasteiger charge is -2.31. The SMILES string of the molecule is CCCCCCN(c1ccccc1)c1ccc(N(CCCCCC)c2cccc(N(CCCCCC)c3ccc(N(CCCCCC)c4ccccc4)cc3)c2)cc1. The standard InChI is InChI=1S/C54H74N4/c1-5-9-13-23-42-55(47-28-19-17-20-29-47)49-34-38-51(39-35-49)57(44-25-15-11-7-3)53-32-27-33-54(46-53)58(45-26-16-12-8-4)52-40-36-50(37-41-52)56(43-24-14-10-6-2)48-30-21-18-22-31-48/h17-22,27-41,46H,5-16,23-26,42-45H2,1-4H3. The third-order valence-electron chi connectivity index (χ3n) is 11.5. The molecule has 0 bridgehead atoms. The summed E-state index contributed by atoms with van der Waals surface area (Å²) in [6.07, 6.45) is 19.9. The first-order chi connectivity index (χ1) is 28.7. The number of hydrogen-bond donors (Lipinski definition) is 0. The molecule has 0 saturated heterocycles. The predicted octanol–water partition coefficient (Wildman–Crippen LogP) is 16.6. The van der Waals surface area contributed by atoms with E-state index in [9.17, 15) is 0 Å². The monoisotopic (exact) mass is 779 g/mol. The van der Waals surface area contributed by atoms with E-state index in [1.807, 2.05) is 0 Å². The highest BCUT2D eigenvalue weighted by molar-refractivity contribution is 5.75. The van der Waals surface area contributed by atoms with Gasteiger partial charge < -0.3 is 19.6 Å². The van der Waals surface area contributed by atoms with Gasteiger partial charge in [-0.15, -0.1) is 0 Å². The summed E-state index contributed by atoms with van der Waals surface area (Å²) in [5, 5.41) is 0. The van der Waals surface area contributed by atoms with Crippen molar-refractivity contribution in [1.82, 2.24) is 0 Å². The van der Waals surface area contributed by atoms with Crippen molar-refractivity contribution >= 4 is 45.5 Å². The smallest absolute Gasteiger partial charge is 0.0431 e. The van der Waals surface area contributed by atoms with Crippen LogP contribution in [0.2, 0.25) is 0 Å². The van der Waals surface area contributed by atoms with Crippen LogP contribution in [-0.2, 0) is 0 Å². The van der Waals surface area contributed by atoms with Gasteiger partial charge in [-0.3, -0.25) is 0 Å². The number of para-hydroxylation sites is 2. The number of hydrogen-bond acceptors (Lipinski definition) is 4. The number of anilines is 8. The van der Waals surface area contributed by atoms with Gasteiger partial charge in [0, 0.05) is 71.7 Å². The molecule has 5 aromatic rings. The van der Waals surface area contributed by atoms with E-state index in [4.69, 9.17) is 0 Å². The largest absolute Gasteiger partial charge is 0.341 e. The Balaban J connectivity index is 1.44. The van der Waals surface area contributed by atoms with E-state index in [1.54, 1.807) is 0 Å². The van der Waals surface area contributed by atoms with E-state index in [0.29, 0.717) is 0 Å². The van der Waals surface area contributed by atoms with E-state index in [-0.39, 0.29) is 0 Å². The second-order valence-electron chi connectivity index (χ2n) is 16.1. The van der Waals surface area contributed by atoms with Gasteiger partial charge in [-0.05, 0) is 117 Å². The molecule has 0 aliphatic rings. The van der Waals surface area contributed by atoms with E-state index in [1.165, 1.54) is 148 Å². The van der Waals surface area contributed by atoms with Crippen molar-refractivity contribution in [3.63, 3.8) is 0 Å². The summed E-state index contributed by atoms with van der Waals surface area (Å²) in [5.41, 5.74) is 10.1. The molecule has 4 nitrogen and oxygen atoms in total. The zero-order valence-electron chi connectivity index (χ0n) is 36.6. The third kappa shape index (κ3) is 13.7. The van der Waals surface area contributed by atoms with E-state index in [0.717, 1.165) is 26.2 Å². The van der Waals surface area contributed by atoms with Crippen LogP contribution in [0.15, 0.2) is 133 Å². The molecule has 0 aromatic heterocycles. The highest BCUT2D eigenvalue weighted by Crippen LogP contribution is 2.36. The molecule has 0 amide bonds. The first kappa shape index (κ1) is 44.4. The number of benzene rings is 5. The van der Waals surface area contributed by atoms with Crippen molar-refractivity contribution in [3.8, 4) is 0 Å². The van der Waals surface area contributed by atoms with Crippen molar-refractivity contribution in [1.29, 1.82) is 0 Å². The second-order valence-corrected chi connectivity index (χ2v) is 16.1. The van der Waals surface area contributed by atoms with Crippen LogP contribution in [0, 0.1) is 0 Å². The molecule has 0 unspecified atom stereocenters. The van der Waals surface area contributed by atoms with Crippen molar-refractivity contribution in [2.75, 3.05) is 45.8 Å². The van der Waals surface area contributed by atoms with Crippen LogP contribution >= 0.6 is 0 Å². The lowest BCUT2D eigenvalue weighted by atomic mass is 10.1. The lowest BCUT2D eigenvalue weighted by Crippen LogP contribution is -2.22. The quantitative estimate of drug-likeness (QED) is 0.0469. The fourth-order valence-electron chi connectivity index (χ4n) is 8.09. The van der Waals surface area contributed by atoms with Gasteiger partial charge in [0.2, 0.25) is 0 Å². The highest BCUT2D eigenvalue weighted by atomic mass is 15.2. The minimum absolute atomic E-state index is 1.00. The molecule has 0 aliphatic carbocycles. The number of nitrogens with zero attached hydrogens (tertiary/aromatic N) is 4. The van der Waals surface area contributed by atoms with Crippen molar-refractivity contribution < 1.29 is 0 Å². The Morgan fingerprint density at radius 3 is 0.759 bits per heavy atom. The van der Waals surface area contributed by atoms with Crippen molar-refractivity contribution in [2.45, 2.75) is 130 Å². The maximum atomic E-state index is 2.56. The van der Waals surface area contributed by atoms with Crippen LogP contribution in [0.25, 0.3) is 0 Å². The molecule has 0 radical (unpaired) electrons. The summed E-state index contributed by atoms with van der Waals surface area (Å²) in [6, 6.07) is 50.0. The van der Waals surface area contributed by atoms with Gasteiger partial charge in [0.1, 0.15) is 0 Å². The van der Waals surface area contributed by atoms with Crippen LogP contribution in [0.3, 0.4) is 0 Å². The molecule has 0 aliphatic heterocycles. The average Bonchev–Trinajstić information content (AvgIpc) is 3.27. The predicted molar refractivity (Wildman–Crippen MR) is 257 cm³/mol. The van der Waals surface area contributed by atoms with Gasteiger partial charge in [0.05, 0.1) is 0 Å². The Bertz CT molecular complexity index is 1660. The van der Waals surface area contributed by atoms with Crippen LogP contribution in [0.4, 0.5) is 45.5 Å². The van der Waals surface area contributed by atoms with Crippen LogP contribution in [0.5, 0.6) is 0 Å². The Morgan fingerprint density at radius 1 is 0.241 bits per heavy atom. The Morgan fingerprint density at radius 2 is 0.483 bits per heavy atom. The molecule has 0 spiro atoms.